The molecule has 0 saturated heterocycles. The van der Waals surface area contributed by atoms with Crippen molar-refractivity contribution >= 4 is 70.1 Å². The number of rotatable bonds is 7. The summed E-state index contributed by atoms with van der Waals surface area (Å²) in [6.07, 6.45) is 0. The number of anilines is 3. The summed E-state index contributed by atoms with van der Waals surface area (Å²) in [4.78, 5) is 2.45. The fourth-order valence-corrected chi connectivity index (χ4v) is 9.84. The van der Waals surface area contributed by atoms with Gasteiger partial charge in [0, 0.05) is 31.5 Å². The van der Waals surface area contributed by atoms with E-state index in [9.17, 15) is 0 Å². The normalized spacial score (nSPS) is 11.4. The minimum Gasteiger partial charge on any atom is -0.310 e. The van der Waals surface area contributed by atoms with Gasteiger partial charge in [-0.2, -0.15) is 0 Å². The predicted molar refractivity (Wildman–Crippen MR) is 251 cm³/mol. The molecule has 1 heterocycles. The Balaban J connectivity index is 1.06. The Hall–Kier alpha value is -7.26. The van der Waals surface area contributed by atoms with Gasteiger partial charge in [0.1, 0.15) is 0 Å². The average Bonchev–Trinajstić information content (AvgIpc) is 3.70. The van der Waals surface area contributed by atoms with Crippen molar-refractivity contribution in [3.63, 3.8) is 0 Å². The first-order valence-electron chi connectivity index (χ1n) is 19.8. The summed E-state index contributed by atoms with van der Waals surface area (Å²) < 4.78 is 2.58. The van der Waals surface area contributed by atoms with Gasteiger partial charge in [0.05, 0.1) is 5.69 Å². The van der Waals surface area contributed by atoms with Gasteiger partial charge in [0.2, 0.25) is 0 Å². The second-order valence-electron chi connectivity index (χ2n) is 14.9. The summed E-state index contributed by atoms with van der Waals surface area (Å²) >= 11 is 1.87. The van der Waals surface area contributed by atoms with Crippen molar-refractivity contribution in [1.82, 2.24) is 0 Å². The monoisotopic (exact) mass is 755 g/mol. The smallest absolute Gasteiger partial charge is 0.0555 e. The lowest BCUT2D eigenvalue weighted by atomic mass is 9.91. The molecule has 0 aliphatic carbocycles. The lowest BCUT2D eigenvalue weighted by Crippen LogP contribution is -2.10. The summed E-state index contributed by atoms with van der Waals surface area (Å²) in [7, 11) is 0. The van der Waals surface area contributed by atoms with E-state index in [4.69, 9.17) is 0 Å². The van der Waals surface area contributed by atoms with E-state index in [2.05, 4.69) is 229 Å². The molecule has 0 amide bonds. The zero-order chi connectivity index (χ0) is 38.4. The Labute approximate surface area is 342 Å². The summed E-state index contributed by atoms with van der Waals surface area (Å²) in [5.74, 6) is 0. The van der Waals surface area contributed by atoms with Crippen molar-refractivity contribution in [2.75, 3.05) is 4.90 Å². The molecule has 0 N–H and O–H groups in total. The molecule has 58 heavy (non-hydrogen) atoms. The minimum atomic E-state index is 1.11. The first-order valence-corrected chi connectivity index (χ1v) is 20.7. The van der Waals surface area contributed by atoms with E-state index in [1.807, 2.05) is 11.3 Å². The molecule has 0 spiro atoms. The predicted octanol–water partition coefficient (Wildman–Crippen LogP) is 16.5. The molecular formula is C56H37NS. The lowest BCUT2D eigenvalue weighted by molar-refractivity contribution is 1.30. The fourth-order valence-electron chi connectivity index (χ4n) is 8.70. The molecule has 0 aliphatic heterocycles. The van der Waals surface area contributed by atoms with Crippen molar-refractivity contribution in [1.29, 1.82) is 0 Å². The van der Waals surface area contributed by atoms with Crippen LogP contribution >= 0.6 is 11.3 Å². The van der Waals surface area contributed by atoms with Crippen LogP contribution in [-0.4, -0.2) is 0 Å². The van der Waals surface area contributed by atoms with Gasteiger partial charge in [-0.1, -0.05) is 182 Å². The Bertz CT molecular complexity index is 3230. The van der Waals surface area contributed by atoms with Crippen molar-refractivity contribution < 1.29 is 0 Å². The van der Waals surface area contributed by atoms with Gasteiger partial charge in [-0.15, -0.1) is 11.3 Å². The number of fused-ring (bicyclic) bond motifs is 6. The Morgan fingerprint density at radius 1 is 0.276 bits per heavy atom. The van der Waals surface area contributed by atoms with E-state index >= 15 is 0 Å². The number of thiophene rings is 1. The molecule has 1 aromatic heterocycles. The Morgan fingerprint density at radius 3 is 1.38 bits per heavy atom. The zero-order valence-corrected chi connectivity index (χ0v) is 32.5. The summed E-state index contributed by atoms with van der Waals surface area (Å²) in [5.41, 5.74) is 13.1. The van der Waals surface area contributed by atoms with Crippen LogP contribution in [0.1, 0.15) is 0 Å². The number of hydrogen-bond acceptors (Lipinski definition) is 2. The number of benzene rings is 10. The highest BCUT2D eigenvalue weighted by atomic mass is 32.1. The molecule has 2 heteroatoms. The maximum atomic E-state index is 2.45. The van der Waals surface area contributed by atoms with Crippen LogP contribution in [-0.2, 0) is 0 Å². The third kappa shape index (κ3) is 5.94. The first-order chi connectivity index (χ1) is 28.8. The maximum absolute atomic E-state index is 2.45. The minimum absolute atomic E-state index is 1.11. The molecule has 11 rings (SSSR count). The average molecular weight is 756 g/mol. The molecule has 10 aromatic carbocycles. The molecule has 0 fully saturated rings. The summed E-state index contributed by atoms with van der Waals surface area (Å²) in [5, 5.41) is 7.65. The molecule has 0 atom stereocenters. The van der Waals surface area contributed by atoms with Gasteiger partial charge in [0.25, 0.3) is 0 Å². The molecule has 0 radical (unpaired) electrons. The number of nitrogens with zero attached hydrogens (tertiary/aromatic N) is 1. The molecule has 272 valence electrons. The Kier molecular flexibility index (Phi) is 8.42. The van der Waals surface area contributed by atoms with Crippen LogP contribution in [0.3, 0.4) is 0 Å². The van der Waals surface area contributed by atoms with Crippen molar-refractivity contribution in [3.05, 3.63) is 224 Å². The molecule has 0 aliphatic rings. The van der Waals surface area contributed by atoms with E-state index in [-0.39, 0.29) is 0 Å². The molecule has 11 aromatic rings. The molecule has 0 saturated carbocycles. The third-order valence-corrected chi connectivity index (χ3v) is 12.6. The summed E-state index contributed by atoms with van der Waals surface area (Å²) in [6, 6.07) is 81.8. The lowest BCUT2D eigenvalue weighted by Gasteiger charge is -2.27. The van der Waals surface area contributed by atoms with Crippen LogP contribution in [0.2, 0.25) is 0 Å². The SMILES string of the molecule is c1ccc(-c2ccc(-c3ccc(N(c4ccc(-c5cccc6cccc(-c7ccccc7)c56)cc4)c4cccc5sc6ccc7ccccc7c6c45)cc3)cc2)cc1. The quantitative estimate of drug-likeness (QED) is 0.157. The van der Waals surface area contributed by atoms with Gasteiger partial charge in [-0.05, 0) is 109 Å². The maximum Gasteiger partial charge on any atom is 0.0555 e. The molecule has 0 unspecified atom stereocenters. The molecule has 1 nitrogen and oxygen atoms in total. The second kappa shape index (κ2) is 14.4. The highest BCUT2D eigenvalue weighted by molar-refractivity contribution is 7.26. The van der Waals surface area contributed by atoms with Crippen LogP contribution in [0, 0.1) is 0 Å². The van der Waals surface area contributed by atoms with E-state index < -0.39 is 0 Å². The third-order valence-electron chi connectivity index (χ3n) is 11.5. The zero-order valence-electron chi connectivity index (χ0n) is 31.7. The van der Waals surface area contributed by atoms with Gasteiger partial charge < -0.3 is 4.90 Å². The van der Waals surface area contributed by atoms with Crippen LogP contribution in [0.25, 0.3) is 86.2 Å². The number of hydrogen-bond donors (Lipinski definition) is 0. The van der Waals surface area contributed by atoms with Crippen LogP contribution in [0.4, 0.5) is 17.1 Å². The first kappa shape index (κ1) is 34.0. The van der Waals surface area contributed by atoms with Crippen LogP contribution < -0.4 is 4.90 Å². The van der Waals surface area contributed by atoms with Gasteiger partial charge in [0.15, 0.2) is 0 Å². The molecule has 0 bridgehead atoms. The van der Waals surface area contributed by atoms with E-state index in [1.54, 1.807) is 0 Å². The molecular weight excluding hydrogens is 719 g/mol. The highest BCUT2D eigenvalue weighted by Gasteiger charge is 2.20. The Morgan fingerprint density at radius 2 is 0.741 bits per heavy atom. The van der Waals surface area contributed by atoms with E-state index in [0.717, 1.165) is 11.4 Å². The van der Waals surface area contributed by atoms with Crippen molar-refractivity contribution in [3.8, 4) is 44.5 Å². The van der Waals surface area contributed by atoms with Crippen LogP contribution in [0.5, 0.6) is 0 Å². The fraction of sp³-hybridized carbons (Fsp3) is 0. The van der Waals surface area contributed by atoms with Gasteiger partial charge >= 0.3 is 0 Å². The van der Waals surface area contributed by atoms with Crippen molar-refractivity contribution in [2.24, 2.45) is 0 Å². The topological polar surface area (TPSA) is 3.24 Å². The van der Waals surface area contributed by atoms with E-state index in [1.165, 1.54) is 91.9 Å². The summed E-state index contributed by atoms with van der Waals surface area (Å²) in [6.45, 7) is 0. The van der Waals surface area contributed by atoms with Crippen molar-refractivity contribution in [2.45, 2.75) is 0 Å². The van der Waals surface area contributed by atoms with Gasteiger partial charge in [-0.3, -0.25) is 0 Å². The second-order valence-corrected chi connectivity index (χ2v) is 15.9. The highest BCUT2D eigenvalue weighted by Crippen LogP contribution is 2.47. The van der Waals surface area contributed by atoms with Crippen LogP contribution in [0.15, 0.2) is 224 Å². The van der Waals surface area contributed by atoms with E-state index in [0.29, 0.717) is 0 Å². The standard InChI is InChI=1S/C56H37NS/c1-3-12-38(13-4-1)39-24-26-40(27-25-39)41-28-33-46(34-29-41)57(51-22-11-23-52-56(51)55-50-19-8-7-16-43(50)32-37-53(55)58-52)47-35-30-44(31-36-47)49-21-10-18-45-17-9-20-48(54(45)49)42-14-5-2-6-15-42/h1-37H. The largest absolute Gasteiger partial charge is 0.310 e. The van der Waals surface area contributed by atoms with Gasteiger partial charge in [-0.25, -0.2) is 0 Å².